The van der Waals surface area contributed by atoms with Crippen molar-refractivity contribution in [1.29, 1.82) is 0 Å². The molecule has 0 fully saturated rings. The molecule has 0 spiro atoms. The molecule has 0 amide bonds. The number of aryl methyl sites for hydroxylation is 3. The average molecular weight is 346 g/mol. The number of hydrogen-bond acceptors (Lipinski definition) is 3. The molecule has 0 saturated heterocycles. The van der Waals surface area contributed by atoms with Gasteiger partial charge in [0.25, 0.3) is 0 Å². The number of nitrogens with zero attached hydrogens (tertiary/aromatic N) is 1. The summed E-state index contributed by atoms with van der Waals surface area (Å²) in [6.45, 7) is 5.98. The summed E-state index contributed by atoms with van der Waals surface area (Å²) in [5.74, 6) is 0. The summed E-state index contributed by atoms with van der Waals surface area (Å²) < 4.78 is 28.4. The molecule has 1 unspecified atom stereocenters. The predicted molar refractivity (Wildman–Crippen MR) is 98.7 cm³/mol. The molecule has 0 aliphatic heterocycles. The second-order valence-corrected chi connectivity index (χ2v) is 8.17. The van der Waals surface area contributed by atoms with Crippen molar-refractivity contribution in [1.82, 2.24) is 9.62 Å². The van der Waals surface area contributed by atoms with Crippen LogP contribution in [0.15, 0.2) is 47.4 Å². The van der Waals surface area contributed by atoms with E-state index in [4.69, 9.17) is 0 Å². The molecule has 0 saturated carbocycles. The highest BCUT2D eigenvalue weighted by molar-refractivity contribution is 7.89. The van der Waals surface area contributed by atoms with Gasteiger partial charge in [0.15, 0.2) is 0 Å². The topological polar surface area (TPSA) is 49.4 Å². The van der Waals surface area contributed by atoms with Gasteiger partial charge in [0.05, 0.1) is 4.90 Å². The molecule has 2 rings (SSSR count). The van der Waals surface area contributed by atoms with Crippen LogP contribution in [-0.4, -0.2) is 34.0 Å². The van der Waals surface area contributed by atoms with E-state index in [9.17, 15) is 8.42 Å². The minimum absolute atomic E-state index is 0.0213. The Balaban J connectivity index is 2.26. The van der Waals surface area contributed by atoms with Gasteiger partial charge in [-0.25, -0.2) is 13.1 Å². The van der Waals surface area contributed by atoms with Crippen LogP contribution in [-0.2, 0) is 10.0 Å². The van der Waals surface area contributed by atoms with Crippen LogP contribution >= 0.6 is 0 Å². The lowest BCUT2D eigenvalue weighted by molar-refractivity contribution is 0.299. The third-order valence-electron chi connectivity index (χ3n) is 4.15. The van der Waals surface area contributed by atoms with E-state index < -0.39 is 10.0 Å². The van der Waals surface area contributed by atoms with Gasteiger partial charge in [0, 0.05) is 12.6 Å². The molecule has 1 N–H and O–H groups in total. The van der Waals surface area contributed by atoms with Gasteiger partial charge in [0.1, 0.15) is 0 Å². The fourth-order valence-corrected chi connectivity index (χ4v) is 4.61. The van der Waals surface area contributed by atoms with E-state index in [1.54, 1.807) is 0 Å². The second-order valence-electron chi connectivity index (χ2n) is 6.47. The van der Waals surface area contributed by atoms with Crippen molar-refractivity contribution in [2.75, 3.05) is 20.6 Å². The highest BCUT2D eigenvalue weighted by Crippen LogP contribution is 2.23. The van der Waals surface area contributed by atoms with E-state index in [1.807, 2.05) is 82.2 Å². The molecule has 0 aliphatic rings. The first-order valence-corrected chi connectivity index (χ1v) is 9.49. The van der Waals surface area contributed by atoms with Crippen LogP contribution in [0.1, 0.15) is 28.3 Å². The molecular formula is C19H26N2O2S. The quantitative estimate of drug-likeness (QED) is 0.874. The normalized spacial score (nSPS) is 13.2. The van der Waals surface area contributed by atoms with Crippen LogP contribution in [0.3, 0.4) is 0 Å². The number of rotatable bonds is 6. The van der Waals surface area contributed by atoms with Crippen molar-refractivity contribution in [2.24, 2.45) is 0 Å². The lowest BCUT2D eigenvalue weighted by atomic mass is 10.1. The van der Waals surface area contributed by atoms with Gasteiger partial charge in [0.2, 0.25) is 10.0 Å². The van der Waals surface area contributed by atoms with Crippen LogP contribution in [0.5, 0.6) is 0 Å². The maximum atomic E-state index is 12.8. The first-order valence-electron chi connectivity index (χ1n) is 8.01. The minimum Gasteiger partial charge on any atom is -0.301 e. The Morgan fingerprint density at radius 3 is 2.04 bits per heavy atom. The molecule has 1 atom stereocenters. The first-order chi connectivity index (χ1) is 11.2. The van der Waals surface area contributed by atoms with Gasteiger partial charge in [-0.3, -0.25) is 0 Å². The molecule has 5 heteroatoms. The summed E-state index contributed by atoms with van der Waals surface area (Å²) in [4.78, 5) is 2.41. The number of nitrogens with one attached hydrogen (secondary N) is 1. The Hall–Kier alpha value is -1.69. The third-order valence-corrected chi connectivity index (χ3v) is 5.88. The summed E-state index contributed by atoms with van der Waals surface area (Å²) in [5, 5.41) is 0. The van der Waals surface area contributed by atoms with Crippen molar-refractivity contribution in [3.8, 4) is 0 Å². The first kappa shape index (κ1) is 18.6. The molecule has 2 aromatic rings. The maximum absolute atomic E-state index is 12.8. The van der Waals surface area contributed by atoms with Gasteiger partial charge in [-0.15, -0.1) is 0 Å². The van der Waals surface area contributed by atoms with E-state index in [0.29, 0.717) is 11.4 Å². The molecule has 4 nitrogen and oxygen atoms in total. The van der Waals surface area contributed by atoms with Crippen molar-refractivity contribution in [3.05, 3.63) is 64.7 Å². The molecule has 0 bridgehead atoms. The Labute approximate surface area is 145 Å². The number of benzene rings is 2. The zero-order chi connectivity index (χ0) is 17.9. The minimum atomic E-state index is -3.55. The molecule has 2 aromatic carbocycles. The van der Waals surface area contributed by atoms with E-state index in [1.165, 1.54) is 0 Å². The van der Waals surface area contributed by atoms with Crippen LogP contribution in [0.4, 0.5) is 0 Å². The summed E-state index contributed by atoms with van der Waals surface area (Å²) in [7, 11) is 0.354. The largest absolute Gasteiger partial charge is 0.301 e. The predicted octanol–water partition coefficient (Wildman–Crippen LogP) is 3.19. The molecular weight excluding hydrogens is 320 g/mol. The Morgan fingerprint density at radius 2 is 1.54 bits per heavy atom. The van der Waals surface area contributed by atoms with Gasteiger partial charge in [-0.1, -0.05) is 48.0 Å². The molecule has 24 heavy (non-hydrogen) atoms. The van der Waals surface area contributed by atoms with Crippen molar-refractivity contribution < 1.29 is 8.42 Å². The monoisotopic (exact) mass is 346 g/mol. The Bertz CT molecular complexity index is 776. The number of sulfonamides is 1. The van der Waals surface area contributed by atoms with Gasteiger partial charge in [-0.05, 0) is 51.6 Å². The van der Waals surface area contributed by atoms with Gasteiger partial charge < -0.3 is 4.90 Å². The summed E-state index contributed by atoms with van der Waals surface area (Å²) in [6.07, 6.45) is 0. The van der Waals surface area contributed by atoms with Gasteiger partial charge in [-0.2, -0.15) is 0 Å². The number of hydrogen-bond donors (Lipinski definition) is 1. The van der Waals surface area contributed by atoms with Crippen LogP contribution in [0.2, 0.25) is 0 Å². The zero-order valence-electron chi connectivity index (χ0n) is 15.0. The SMILES string of the molecule is Cc1cc(C)c(S(=O)(=O)NCC(c2ccccc2)N(C)C)c(C)c1. The lowest BCUT2D eigenvalue weighted by Crippen LogP contribution is -2.35. The summed E-state index contributed by atoms with van der Waals surface area (Å²) in [6, 6.07) is 13.7. The second kappa shape index (κ2) is 7.47. The molecule has 130 valence electrons. The third kappa shape index (κ3) is 4.23. The van der Waals surface area contributed by atoms with E-state index in [0.717, 1.165) is 22.3 Å². The maximum Gasteiger partial charge on any atom is 0.241 e. The summed E-state index contributed by atoms with van der Waals surface area (Å²) >= 11 is 0. The Morgan fingerprint density at radius 1 is 1.00 bits per heavy atom. The van der Waals surface area contributed by atoms with Crippen LogP contribution in [0, 0.1) is 20.8 Å². The van der Waals surface area contributed by atoms with E-state index >= 15 is 0 Å². The van der Waals surface area contributed by atoms with Crippen molar-refractivity contribution >= 4 is 10.0 Å². The standard InChI is InChI=1S/C19H26N2O2S/c1-14-11-15(2)19(16(3)12-14)24(22,23)20-13-18(21(4)5)17-9-7-6-8-10-17/h6-12,18,20H,13H2,1-5H3. The lowest BCUT2D eigenvalue weighted by Gasteiger charge is -2.25. The molecule has 0 radical (unpaired) electrons. The van der Waals surface area contributed by atoms with E-state index in [-0.39, 0.29) is 6.04 Å². The van der Waals surface area contributed by atoms with E-state index in [2.05, 4.69) is 4.72 Å². The van der Waals surface area contributed by atoms with Gasteiger partial charge >= 0.3 is 0 Å². The summed E-state index contributed by atoms with van der Waals surface area (Å²) in [5.41, 5.74) is 3.71. The highest BCUT2D eigenvalue weighted by atomic mass is 32.2. The fraction of sp³-hybridized carbons (Fsp3) is 0.368. The highest BCUT2D eigenvalue weighted by Gasteiger charge is 2.22. The molecule has 0 heterocycles. The smallest absolute Gasteiger partial charge is 0.241 e. The molecule has 0 aromatic heterocycles. The van der Waals surface area contributed by atoms with Crippen molar-refractivity contribution in [2.45, 2.75) is 31.7 Å². The zero-order valence-corrected chi connectivity index (χ0v) is 15.8. The average Bonchev–Trinajstić information content (AvgIpc) is 2.46. The van der Waals surface area contributed by atoms with Crippen LogP contribution in [0.25, 0.3) is 0 Å². The number of likely N-dealkylation sites (N-methyl/N-ethyl adjacent to an activating group) is 1. The fourth-order valence-electron chi connectivity index (χ4n) is 3.13. The molecule has 0 aliphatic carbocycles. The van der Waals surface area contributed by atoms with Crippen molar-refractivity contribution in [3.63, 3.8) is 0 Å². The van der Waals surface area contributed by atoms with Crippen LogP contribution < -0.4 is 4.72 Å². The Kier molecular flexibility index (Phi) is 5.80.